The number of rotatable bonds is 3. The summed E-state index contributed by atoms with van der Waals surface area (Å²) in [5.41, 5.74) is 0. The highest BCUT2D eigenvalue weighted by Crippen LogP contribution is 2.35. The summed E-state index contributed by atoms with van der Waals surface area (Å²) in [6, 6.07) is 4.57. The van der Waals surface area contributed by atoms with E-state index in [1.807, 2.05) is 6.07 Å². The van der Waals surface area contributed by atoms with Gasteiger partial charge in [0.1, 0.15) is 5.76 Å². The van der Waals surface area contributed by atoms with Crippen LogP contribution in [0.5, 0.6) is 0 Å². The van der Waals surface area contributed by atoms with Gasteiger partial charge in [0.05, 0.1) is 12.3 Å². The van der Waals surface area contributed by atoms with Crippen LogP contribution in [-0.2, 0) is 4.74 Å². The monoisotopic (exact) mass is 322 g/mol. The fraction of sp³-hybridized carbons (Fsp3) is 0.714. The van der Waals surface area contributed by atoms with Gasteiger partial charge >= 0.3 is 0 Å². The van der Waals surface area contributed by atoms with Gasteiger partial charge in [-0.25, -0.2) is 0 Å². The van der Waals surface area contributed by atoms with E-state index in [-0.39, 0.29) is 24.8 Å². The van der Waals surface area contributed by atoms with Gasteiger partial charge in [0.25, 0.3) is 0 Å². The summed E-state index contributed by atoms with van der Waals surface area (Å²) in [5, 5.41) is 3.42. The number of furan rings is 1. The molecule has 0 amide bonds. The smallest absolute Gasteiger partial charge is 0.121 e. The van der Waals surface area contributed by atoms with Gasteiger partial charge in [-0.15, -0.1) is 24.8 Å². The Morgan fingerprint density at radius 3 is 2.45 bits per heavy atom. The zero-order chi connectivity index (χ0) is 12.2. The van der Waals surface area contributed by atoms with Gasteiger partial charge in [-0.1, -0.05) is 0 Å². The molecule has 2 aliphatic heterocycles. The Labute approximate surface area is 133 Å². The van der Waals surface area contributed by atoms with E-state index in [1.165, 1.54) is 0 Å². The van der Waals surface area contributed by atoms with Crippen LogP contribution in [-0.4, -0.2) is 44.3 Å². The molecule has 1 N–H and O–H groups in total. The van der Waals surface area contributed by atoms with Crippen LogP contribution in [0.4, 0.5) is 0 Å². The molecule has 116 valence electrons. The van der Waals surface area contributed by atoms with E-state index < -0.39 is 0 Å². The van der Waals surface area contributed by atoms with Gasteiger partial charge in [0.2, 0.25) is 0 Å². The van der Waals surface area contributed by atoms with E-state index in [2.05, 4.69) is 16.3 Å². The van der Waals surface area contributed by atoms with Crippen LogP contribution in [0.3, 0.4) is 0 Å². The Balaban J connectivity index is 0.000001000. The van der Waals surface area contributed by atoms with E-state index >= 15 is 0 Å². The molecule has 0 unspecified atom stereocenters. The van der Waals surface area contributed by atoms with Crippen LogP contribution in [0, 0.1) is 5.92 Å². The lowest BCUT2D eigenvalue weighted by molar-refractivity contribution is 0.0148. The second-order valence-corrected chi connectivity index (χ2v) is 5.20. The Morgan fingerprint density at radius 1 is 1.15 bits per heavy atom. The molecule has 1 aromatic heterocycles. The molecule has 0 bridgehead atoms. The van der Waals surface area contributed by atoms with Crippen LogP contribution in [0.2, 0.25) is 0 Å². The molecule has 0 saturated carbocycles. The predicted molar refractivity (Wildman–Crippen MR) is 83.9 cm³/mol. The van der Waals surface area contributed by atoms with Crippen molar-refractivity contribution in [2.45, 2.75) is 18.9 Å². The minimum atomic E-state index is 0. The summed E-state index contributed by atoms with van der Waals surface area (Å²) in [6.07, 6.45) is 4.09. The molecule has 0 aromatic carbocycles. The van der Waals surface area contributed by atoms with Crippen molar-refractivity contribution in [3.63, 3.8) is 0 Å². The third-order valence-corrected chi connectivity index (χ3v) is 4.09. The number of halogens is 2. The number of hydrogen-bond acceptors (Lipinski definition) is 4. The van der Waals surface area contributed by atoms with E-state index in [4.69, 9.17) is 9.15 Å². The first-order valence-corrected chi connectivity index (χ1v) is 7.01. The third-order valence-electron chi connectivity index (χ3n) is 4.09. The molecule has 0 aliphatic carbocycles. The highest BCUT2D eigenvalue weighted by Gasteiger charge is 2.32. The lowest BCUT2D eigenvalue weighted by Crippen LogP contribution is -2.47. The topological polar surface area (TPSA) is 37.6 Å². The van der Waals surface area contributed by atoms with Crippen LogP contribution in [0.15, 0.2) is 22.8 Å². The molecule has 20 heavy (non-hydrogen) atoms. The van der Waals surface area contributed by atoms with E-state index in [9.17, 15) is 0 Å². The quantitative estimate of drug-likeness (QED) is 0.927. The average Bonchev–Trinajstić information content (AvgIpc) is 2.95. The first kappa shape index (κ1) is 17.8. The summed E-state index contributed by atoms with van der Waals surface area (Å²) in [5.74, 6) is 1.80. The van der Waals surface area contributed by atoms with Crippen molar-refractivity contribution in [2.75, 3.05) is 39.4 Å². The molecule has 1 atom stereocenters. The second kappa shape index (κ2) is 8.90. The van der Waals surface area contributed by atoms with Gasteiger partial charge in [0.15, 0.2) is 0 Å². The number of ether oxygens (including phenoxy) is 1. The van der Waals surface area contributed by atoms with Crippen LogP contribution in [0.25, 0.3) is 0 Å². The van der Waals surface area contributed by atoms with E-state index in [0.29, 0.717) is 12.0 Å². The largest absolute Gasteiger partial charge is 0.468 e. The maximum absolute atomic E-state index is 5.70. The average molecular weight is 323 g/mol. The molecule has 2 aliphatic rings. The minimum Gasteiger partial charge on any atom is -0.468 e. The normalized spacial score (nSPS) is 22.6. The van der Waals surface area contributed by atoms with Crippen LogP contribution in [0.1, 0.15) is 24.6 Å². The molecule has 4 nitrogen and oxygen atoms in total. The van der Waals surface area contributed by atoms with Gasteiger partial charge < -0.3 is 14.5 Å². The van der Waals surface area contributed by atoms with Crippen LogP contribution < -0.4 is 5.32 Å². The molecule has 2 saturated heterocycles. The number of nitrogens with one attached hydrogen (secondary N) is 1. The predicted octanol–water partition coefficient (Wildman–Crippen LogP) is 2.50. The highest BCUT2D eigenvalue weighted by atomic mass is 35.5. The van der Waals surface area contributed by atoms with E-state index in [1.54, 1.807) is 6.26 Å². The second-order valence-electron chi connectivity index (χ2n) is 5.20. The maximum atomic E-state index is 5.70. The zero-order valence-electron chi connectivity index (χ0n) is 11.6. The lowest BCUT2D eigenvalue weighted by Gasteiger charge is -2.39. The van der Waals surface area contributed by atoms with Crippen molar-refractivity contribution >= 4 is 24.8 Å². The summed E-state index contributed by atoms with van der Waals surface area (Å²) in [4.78, 5) is 2.57. The van der Waals surface area contributed by atoms with E-state index in [0.717, 1.165) is 58.0 Å². The third kappa shape index (κ3) is 4.12. The molecule has 0 radical (unpaired) electrons. The molecule has 1 aromatic rings. The van der Waals surface area contributed by atoms with Crippen molar-refractivity contribution < 1.29 is 9.15 Å². The van der Waals surface area contributed by atoms with Gasteiger partial charge in [-0.05, 0) is 30.9 Å². The Kier molecular flexibility index (Phi) is 7.92. The Bertz CT molecular complexity index is 332. The Hall–Kier alpha value is -0.260. The van der Waals surface area contributed by atoms with Crippen molar-refractivity contribution in [1.29, 1.82) is 0 Å². The number of piperazine rings is 1. The molecule has 6 heteroatoms. The molecular weight excluding hydrogens is 299 g/mol. The summed E-state index contributed by atoms with van der Waals surface area (Å²) < 4.78 is 11.2. The molecule has 3 rings (SSSR count). The van der Waals surface area contributed by atoms with Crippen molar-refractivity contribution in [1.82, 2.24) is 10.2 Å². The summed E-state index contributed by atoms with van der Waals surface area (Å²) in [7, 11) is 0. The fourth-order valence-corrected chi connectivity index (χ4v) is 3.16. The molecule has 2 fully saturated rings. The summed E-state index contributed by atoms with van der Waals surface area (Å²) >= 11 is 0. The minimum absolute atomic E-state index is 0. The maximum Gasteiger partial charge on any atom is 0.121 e. The van der Waals surface area contributed by atoms with Crippen molar-refractivity contribution in [2.24, 2.45) is 5.92 Å². The van der Waals surface area contributed by atoms with Gasteiger partial charge in [-0.2, -0.15) is 0 Å². The zero-order valence-corrected chi connectivity index (χ0v) is 13.3. The van der Waals surface area contributed by atoms with Crippen molar-refractivity contribution in [3.05, 3.63) is 24.2 Å². The number of nitrogens with zero attached hydrogens (tertiary/aromatic N) is 1. The molecule has 3 heterocycles. The van der Waals surface area contributed by atoms with Gasteiger partial charge in [0, 0.05) is 39.4 Å². The van der Waals surface area contributed by atoms with Crippen LogP contribution >= 0.6 is 24.8 Å². The highest BCUT2D eigenvalue weighted by molar-refractivity contribution is 5.85. The SMILES string of the molecule is Cl.Cl.c1coc([C@H](C2CCOCC2)N2CCNCC2)c1. The first-order chi connectivity index (χ1) is 8.95. The molecular formula is C14H24Cl2N2O2. The fourth-order valence-electron chi connectivity index (χ4n) is 3.16. The number of hydrogen-bond donors (Lipinski definition) is 1. The summed E-state index contributed by atoms with van der Waals surface area (Å²) in [6.45, 7) is 6.19. The lowest BCUT2D eigenvalue weighted by atomic mass is 9.88. The van der Waals surface area contributed by atoms with Crippen molar-refractivity contribution in [3.8, 4) is 0 Å². The molecule has 0 spiro atoms. The van der Waals surface area contributed by atoms with Gasteiger partial charge in [-0.3, -0.25) is 4.90 Å². The Morgan fingerprint density at radius 2 is 1.85 bits per heavy atom. The first-order valence-electron chi connectivity index (χ1n) is 7.01. The standard InChI is InChI=1S/C14H22N2O2.2ClH/c1-2-13(18-9-1)14(12-3-10-17-11-4-12)16-7-5-15-6-8-16;;/h1-2,9,12,14-15H,3-8,10-11H2;2*1H/t14-;;/m0../s1.